The van der Waals surface area contributed by atoms with Crippen LogP contribution in [-0.4, -0.2) is 63.2 Å². The Kier molecular flexibility index (Phi) is 7.06. The first-order chi connectivity index (χ1) is 18.5. The summed E-state index contributed by atoms with van der Waals surface area (Å²) in [7, 11) is 0. The number of rotatable bonds is 8. The molecule has 2 bridgehead atoms. The van der Waals surface area contributed by atoms with E-state index in [0.29, 0.717) is 31.4 Å². The fraction of sp³-hybridized carbons (Fsp3) is 0.516. The summed E-state index contributed by atoms with van der Waals surface area (Å²) in [5.74, 6) is -2.48. The van der Waals surface area contributed by atoms with Crippen LogP contribution in [0.4, 0.5) is 5.69 Å². The SMILES string of the molecule is CC[C@]12CCC3(O1)C(C(=O)NC(C)(C)C)N([C@@H](CO)Cc1ccccc1)C(=O)[C@@H]3[C@H]2C(=O)Nc1ccccc1. The molecule has 208 valence electrons. The van der Waals surface area contributed by atoms with Crippen molar-refractivity contribution in [3.8, 4) is 0 Å². The third-order valence-corrected chi connectivity index (χ3v) is 8.61. The van der Waals surface area contributed by atoms with Gasteiger partial charge in [-0.25, -0.2) is 0 Å². The highest BCUT2D eigenvalue weighted by atomic mass is 16.5. The van der Waals surface area contributed by atoms with Crippen LogP contribution >= 0.6 is 0 Å². The molecule has 0 saturated carbocycles. The van der Waals surface area contributed by atoms with Gasteiger partial charge in [0.1, 0.15) is 11.6 Å². The molecule has 3 amide bonds. The summed E-state index contributed by atoms with van der Waals surface area (Å²) in [5, 5.41) is 16.6. The maximum absolute atomic E-state index is 14.4. The molecule has 3 saturated heterocycles. The first kappa shape index (κ1) is 27.3. The van der Waals surface area contributed by atoms with E-state index in [4.69, 9.17) is 4.74 Å². The summed E-state index contributed by atoms with van der Waals surface area (Å²) < 4.78 is 6.82. The Labute approximate surface area is 230 Å². The molecule has 8 nitrogen and oxygen atoms in total. The summed E-state index contributed by atoms with van der Waals surface area (Å²) in [4.78, 5) is 43.9. The van der Waals surface area contributed by atoms with Gasteiger partial charge in [-0.2, -0.15) is 0 Å². The highest BCUT2D eigenvalue weighted by molar-refractivity contribution is 6.02. The van der Waals surface area contributed by atoms with Crippen LogP contribution in [0.2, 0.25) is 0 Å². The van der Waals surface area contributed by atoms with Gasteiger partial charge >= 0.3 is 0 Å². The van der Waals surface area contributed by atoms with Crippen LogP contribution in [-0.2, 0) is 25.5 Å². The van der Waals surface area contributed by atoms with E-state index in [9.17, 15) is 19.5 Å². The second-order valence-electron chi connectivity index (χ2n) is 12.2. The van der Waals surface area contributed by atoms with Gasteiger partial charge in [0.05, 0.1) is 30.1 Å². The Hall–Kier alpha value is -3.23. The highest BCUT2D eigenvalue weighted by Gasteiger charge is 2.79. The van der Waals surface area contributed by atoms with Gasteiger partial charge < -0.3 is 25.4 Å². The molecule has 6 atom stereocenters. The number of aliphatic hydroxyl groups is 1. The molecule has 0 aliphatic carbocycles. The van der Waals surface area contributed by atoms with Crippen LogP contribution in [0, 0.1) is 11.8 Å². The zero-order valence-corrected chi connectivity index (χ0v) is 23.1. The number of ether oxygens (including phenoxy) is 1. The Morgan fingerprint density at radius 1 is 1.05 bits per heavy atom. The smallest absolute Gasteiger partial charge is 0.246 e. The maximum atomic E-state index is 14.4. The first-order valence-electron chi connectivity index (χ1n) is 13.9. The van der Waals surface area contributed by atoms with Crippen molar-refractivity contribution in [3.05, 3.63) is 66.2 Å². The summed E-state index contributed by atoms with van der Waals surface area (Å²) in [6, 6.07) is 17.2. The minimum Gasteiger partial charge on any atom is -0.394 e. The summed E-state index contributed by atoms with van der Waals surface area (Å²) in [6.45, 7) is 7.34. The van der Waals surface area contributed by atoms with Gasteiger partial charge in [-0.05, 0) is 64.2 Å². The predicted molar refractivity (Wildman–Crippen MR) is 148 cm³/mol. The molecule has 5 rings (SSSR count). The zero-order valence-electron chi connectivity index (χ0n) is 23.1. The number of amides is 3. The number of benzene rings is 2. The minimum absolute atomic E-state index is 0.275. The lowest BCUT2D eigenvalue weighted by molar-refractivity contribution is -0.150. The number of likely N-dealkylation sites (tertiary alicyclic amines) is 1. The van der Waals surface area contributed by atoms with Gasteiger partial charge in [-0.1, -0.05) is 55.5 Å². The molecule has 8 heteroatoms. The van der Waals surface area contributed by atoms with Gasteiger partial charge in [-0.3, -0.25) is 14.4 Å². The fourth-order valence-electron chi connectivity index (χ4n) is 7.06. The van der Waals surface area contributed by atoms with E-state index in [1.807, 2.05) is 88.4 Å². The summed E-state index contributed by atoms with van der Waals surface area (Å²) in [6.07, 6.45) is 2.00. The molecule has 2 unspecified atom stereocenters. The number of anilines is 1. The lowest BCUT2D eigenvalue weighted by Gasteiger charge is -2.38. The number of nitrogens with one attached hydrogen (secondary N) is 2. The second kappa shape index (κ2) is 10.1. The molecule has 0 aromatic heterocycles. The van der Waals surface area contributed by atoms with Crippen molar-refractivity contribution in [1.82, 2.24) is 10.2 Å². The van der Waals surface area contributed by atoms with Crippen LogP contribution < -0.4 is 10.6 Å². The van der Waals surface area contributed by atoms with Gasteiger partial charge in [0, 0.05) is 11.2 Å². The predicted octanol–water partition coefficient (Wildman–Crippen LogP) is 3.30. The first-order valence-corrected chi connectivity index (χ1v) is 13.9. The van der Waals surface area contributed by atoms with Crippen molar-refractivity contribution in [2.75, 3.05) is 11.9 Å². The third-order valence-electron chi connectivity index (χ3n) is 8.61. The van der Waals surface area contributed by atoms with Crippen LogP contribution in [0.25, 0.3) is 0 Å². The molecule has 3 fully saturated rings. The van der Waals surface area contributed by atoms with E-state index in [2.05, 4.69) is 10.6 Å². The molecular formula is C31H39N3O5. The lowest BCUT2D eigenvalue weighted by Crippen LogP contribution is -2.60. The second-order valence-corrected chi connectivity index (χ2v) is 12.2. The van der Waals surface area contributed by atoms with Crippen LogP contribution in [0.1, 0.15) is 52.5 Å². The normalized spacial score (nSPS) is 30.2. The number of carbonyl (C=O) groups excluding carboxylic acids is 3. The van der Waals surface area contributed by atoms with Gasteiger partial charge in [0.2, 0.25) is 17.7 Å². The van der Waals surface area contributed by atoms with E-state index in [-0.39, 0.29) is 24.3 Å². The molecule has 3 heterocycles. The topological polar surface area (TPSA) is 108 Å². The number of aliphatic hydroxyl groups excluding tert-OH is 1. The average molecular weight is 534 g/mol. The number of nitrogens with zero attached hydrogens (tertiary/aromatic N) is 1. The van der Waals surface area contributed by atoms with Crippen LogP contribution in [0.5, 0.6) is 0 Å². The van der Waals surface area contributed by atoms with Gasteiger partial charge in [0.15, 0.2) is 0 Å². The van der Waals surface area contributed by atoms with Crippen molar-refractivity contribution < 1.29 is 24.2 Å². The third kappa shape index (κ3) is 4.63. The molecule has 0 radical (unpaired) electrons. The number of fused-ring (bicyclic) bond motifs is 1. The molecule has 1 spiro atoms. The average Bonchev–Trinajstić information content (AvgIpc) is 3.51. The standard InChI is InChI=1S/C31H39N3O5/c1-5-30-16-17-31(39-30)24(23(30)26(36)32-21-14-10-7-11-15-21)28(38)34(25(31)27(37)33-29(2,3)4)22(19-35)18-20-12-8-6-9-13-20/h6-15,22-25,35H,5,16-19H2,1-4H3,(H,32,36)(H,33,37)/t22-,23+,24+,25?,30-,31?/m1/s1. The molecule has 3 N–H and O–H groups in total. The zero-order chi connectivity index (χ0) is 28.0. The van der Waals surface area contributed by atoms with Crippen LogP contribution in [0.3, 0.4) is 0 Å². The molecule has 3 aliphatic rings. The van der Waals surface area contributed by atoms with Crippen molar-refractivity contribution in [2.45, 2.75) is 82.2 Å². The Bertz CT molecular complexity index is 1230. The van der Waals surface area contributed by atoms with Crippen molar-refractivity contribution in [2.24, 2.45) is 11.8 Å². The largest absolute Gasteiger partial charge is 0.394 e. The van der Waals surface area contributed by atoms with Crippen molar-refractivity contribution >= 4 is 23.4 Å². The van der Waals surface area contributed by atoms with E-state index in [1.54, 1.807) is 0 Å². The van der Waals surface area contributed by atoms with E-state index < -0.39 is 40.7 Å². The number of para-hydroxylation sites is 1. The quantitative estimate of drug-likeness (QED) is 0.483. The van der Waals surface area contributed by atoms with E-state index >= 15 is 0 Å². The number of hydrogen-bond donors (Lipinski definition) is 3. The van der Waals surface area contributed by atoms with Crippen LogP contribution in [0.15, 0.2) is 60.7 Å². The van der Waals surface area contributed by atoms with Gasteiger partial charge in [0.25, 0.3) is 0 Å². The highest BCUT2D eigenvalue weighted by Crippen LogP contribution is 2.64. The Morgan fingerprint density at radius 3 is 2.28 bits per heavy atom. The molecule has 3 aliphatic heterocycles. The molecule has 2 aromatic carbocycles. The van der Waals surface area contributed by atoms with Gasteiger partial charge in [-0.15, -0.1) is 0 Å². The van der Waals surface area contributed by atoms with Crippen molar-refractivity contribution in [1.29, 1.82) is 0 Å². The molecular weight excluding hydrogens is 494 g/mol. The lowest BCUT2D eigenvalue weighted by atomic mass is 9.65. The number of carbonyl (C=O) groups is 3. The Morgan fingerprint density at radius 2 is 1.69 bits per heavy atom. The molecule has 39 heavy (non-hydrogen) atoms. The summed E-state index contributed by atoms with van der Waals surface area (Å²) in [5.41, 5.74) is -0.933. The number of hydrogen-bond acceptors (Lipinski definition) is 5. The van der Waals surface area contributed by atoms with E-state index in [1.165, 1.54) is 4.90 Å². The monoisotopic (exact) mass is 533 g/mol. The minimum atomic E-state index is -1.15. The fourth-order valence-corrected chi connectivity index (χ4v) is 7.06. The maximum Gasteiger partial charge on any atom is 0.246 e. The van der Waals surface area contributed by atoms with E-state index in [0.717, 1.165) is 5.56 Å². The Balaban J connectivity index is 1.57. The molecule has 2 aromatic rings. The van der Waals surface area contributed by atoms with Crippen molar-refractivity contribution in [3.63, 3.8) is 0 Å². The summed E-state index contributed by atoms with van der Waals surface area (Å²) >= 11 is 0.